The van der Waals surface area contributed by atoms with E-state index in [1.807, 2.05) is 51.9 Å². The van der Waals surface area contributed by atoms with Crippen LogP contribution >= 0.6 is 0 Å². The maximum Gasteiger partial charge on any atom is 0.321 e. The van der Waals surface area contributed by atoms with E-state index in [1.165, 1.54) is 0 Å². The fraction of sp³-hybridized carbons (Fsp3) is 0.280. The molecule has 2 bridgehead atoms. The second-order valence-electron chi connectivity index (χ2n) is 8.68. The monoisotopic (exact) mass is 429 g/mol. The summed E-state index contributed by atoms with van der Waals surface area (Å²) in [4.78, 5) is 27.3. The normalized spacial score (nSPS) is 19.7. The summed E-state index contributed by atoms with van der Waals surface area (Å²) in [5.41, 5.74) is 3.14. The molecule has 1 N–H and O–H groups in total. The lowest BCUT2D eigenvalue weighted by Gasteiger charge is -2.42. The second-order valence-corrected chi connectivity index (χ2v) is 8.68. The Bertz CT molecular complexity index is 1420. The number of ether oxygens (including phenoxy) is 1. The van der Waals surface area contributed by atoms with Gasteiger partial charge in [-0.3, -0.25) is 4.79 Å². The lowest BCUT2D eigenvalue weighted by molar-refractivity contribution is 0.139. The molecule has 2 atom stereocenters. The molecule has 1 fully saturated rings. The van der Waals surface area contributed by atoms with Gasteiger partial charge in [-0.2, -0.15) is 0 Å². The van der Waals surface area contributed by atoms with Crippen molar-refractivity contribution in [1.82, 2.24) is 9.47 Å². The van der Waals surface area contributed by atoms with Crippen molar-refractivity contribution in [1.29, 1.82) is 0 Å². The number of aromatic nitrogens is 1. The number of urea groups is 1. The van der Waals surface area contributed by atoms with Gasteiger partial charge in [-0.1, -0.05) is 24.3 Å². The highest BCUT2D eigenvalue weighted by molar-refractivity contribution is 6.07. The highest BCUT2D eigenvalue weighted by atomic mass is 16.5. The number of para-hydroxylation sites is 1. The minimum atomic E-state index is -0.166. The molecule has 7 nitrogen and oxygen atoms in total. The van der Waals surface area contributed by atoms with Gasteiger partial charge in [-0.15, -0.1) is 0 Å². The van der Waals surface area contributed by atoms with Gasteiger partial charge in [0.1, 0.15) is 16.9 Å². The minimum absolute atomic E-state index is 0.0407. The highest BCUT2D eigenvalue weighted by Crippen LogP contribution is 2.38. The summed E-state index contributed by atoms with van der Waals surface area (Å²) < 4.78 is 13.4. The van der Waals surface area contributed by atoms with Gasteiger partial charge in [-0.25, -0.2) is 4.79 Å². The first-order valence-corrected chi connectivity index (χ1v) is 10.9. The molecule has 2 aliphatic heterocycles. The van der Waals surface area contributed by atoms with Gasteiger partial charge in [0.15, 0.2) is 0 Å². The SMILES string of the molecule is COc1cc2c(cc1NC(=O)N1C[C@H]3C[C@H](C1)c1cccc(=O)n1C3)oc1ccccc12. The van der Waals surface area contributed by atoms with E-state index < -0.39 is 0 Å². The van der Waals surface area contributed by atoms with Crippen molar-refractivity contribution in [2.45, 2.75) is 18.9 Å². The quantitative estimate of drug-likeness (QED) is 0.512. The van der Waals surface area contributed by atoms with Crippen LogP contribution in [0.1, 0.15) is 18.0 Å². The maximum atomic E-state index is 13.2. The van der Waals surface area contributed by atoms with Crippen LogP contribution in [0.5, 0.6) is 5.75 Å². The Morgan fingerprint density at radius 3 is 2.78 bits per heavy atom. The molecule has 2 aromatic heterocycles. The van der Waals surface area contributed by atoms with Gasteiger partial charge in [0.2, 0.25) is 0 Å². The Balaban J connectivity index is 1.29. The van der Waals surface area contributed by atoms with Gasteiger partial charge < -0.3 is 23.9 Å². The molecule has 0 saturated carbocycles. The van der Waals surface area contributed by atoms with E-state index in [0.717, 1.165) is 28.5 Å². The third kappa shape index (κ3) is 2.96. The van der Waals surface area contributed by atoms with Crippen molar-refractivity contribution in [3.8, 4) is 5.75 Å². The average Bonchev–Trinajstić information content (AvgIpc) is 3.16. The highest BCUT2D eigenvalue weighted by Gasteiger charge is 2.36. The Morgan fingerprint density at radius 1 is 1.03 bits per heavy atom. The van der Waals surface area contributed by atoms with Crippen LogP contribution < -0.4 is 15.6 Å². The summed E-state index contributed by atoms with van der Waals surface area (Å²) in [7, 11) is 1.60. The lowest BCUT2D eigenvalue weighted by atomic mass is 9.83. The molecule has 2 aliphatic rings. The molecular weight excluding hydrogens is 406 g/mol. The van der Waals surface area contributed by atoms with Crippen molar-refractivity contribution in [3.63, 3.8) is 0 Å². The predicted octanol–water partition coefficient (Wildman–Crippen LogP) is 4.41. The Kier molecular flexibility index (Phi) is 4.24. The zero-order valence-electron chi connectivity index (χ0n) is 17.7. The molecule has 0 radical (unpaired) electrons. The van der Waals surface area contributed by atoms with Crippen LogP contribution in [0.3, 0.4) is 0 Å². The number of fused-ring (bicyclic) bond motifs is 7. The van der Waals surface area contributed by atoms with Crippen LogP contribution in [0.4, 0.5) is 10.5 Å². The van der Waals surface area contributed by atoms with E-state index in [1.54, 1.807) is 19.2 Å². The topological polar surface area (TPSA) is 76.7 Å². The number of furan rings is 1. The van der Waals surface area contributed by atoms with E-state index in [4.69, 9.17) is 9.15 Å². The Labute approximate surface area is 184 Å². The standard InChI is InChI=1S/C25H23N3O4/c1-31-23-10-18-17-5-2-3-7-21(17)32-22(18)11-19(23)26-25(30)27-12-15-9-16(14-27)20-6-4-8-24(29)28(20)13-15/h2-8,10-11,15-16H,9,12-14H2,1H3,(H,26,30)/t15-,16-/m1/s1. The summed E-state index contributed by atoms with van der Waals surface area (Å²) in [6.07, 6.45) is 1.00. The van der Waals surface area contributed by atoms with Gasteiger partial charge in [0.05, 0.1) is 12.8 Å². The minimum Gasteiger partial charge on any atom is -0.495 e. The summed E-state index contributed by atoms with van der Waals surface area (Å²) in [6.45, 7) is 1.86. The molecule has 2 aromatic carbocycles. The zero-order chi connectivity index (χ0) is 21.8. The fourth-order valence-corrected chi connectivity index (χ4v) is 5.27. The molecule has 32 heavy (non-hydrogen) atoms. The molecule has 6 rings (SSSR count). The summed E-state index contributed by atoms with van der Waals surface area (Å²) in [5.74, 6) is 1.03. The molecule has 0 aliphatic carbocycles. The number of piperidine rings is 1. The number of rotatable bonds is 2. The van der Waals surface area contributed by atoms with Crippen LogP contribution in [0.15, 0.2) is 63.8 Å². The average molecular weight is 429 g/mol. The molecular formula is C25H23N3O4. The molecule has 162 valence electrons. The number of benzene rings is 2. The maximum absolute atomic E-state index is 13.2. The third-order valence-corrected chi connectivity index (χ3v) is 6.71. The predicted molar refractivity (Wildman–Crippen MR) is 122 cm³/mol. The van der Waals surface area contributed by atoms with E-state index in [2.05, 4.69) is 5.32 Å². The number of hydrogen-bond donors (Lipinski definition) is 1. The number of likely N-dealkylation sites (tertiary alicyclic amines) is 1. The fourth-order valence-electron chi connectivity index (χ4n) is 5.27. The number of nitrogens with zero attached hydrogens (tertiary/aromatic N) is 2. The first-order valence-electron chi connectivity index (χ1n) is 10.9. The number of anilines is 1. The smallest absolute Gasteiger partial charge is 0.321 e. The van der Waals surface area contributed by atoms with Crippen molar-refractivity contribution in [2.24, 2.45) is 5.92 Å². The summed E-state index contributed by atoms with van der Waals surface area (Å²) in [6, 6.07) is 16.8. The second kappa shape index (κ2) is 7.15. The van der Waals surface area contributed by atoms with Gasteiger partial charge in [-0.05, 0) is 30.5 Å². The van der Waals surface area contributed by atoms with E-state index >= 15 is 0 Å². The number of carbonyl (C=O) groups is 1. The largest absolute Gasteiger partial charge is 0.495 e. The molecule has 2 amide bonds. The molecule has 0 unspecified atom stereocenters. The van der Waals surface area contributed by atoms with Crippen LogP contribution in [0.25, 0.3) is 21.9 Å². The van der Waals surface area contributed by atoms with Gasteiger partial charge >= 0.3 is 6.03 Å². The van der Waals surface area contributed by atoms with E-state index in [0.29, 0.717) is 36.7 Å². The zero-order valence-corrected chi connectivity index (χ0v) is 17.7. The molecule has 7 heteroatoms. The van der Waals surface area contributed by atoms with Crippen LogP contribution in [-0.2, 0) is 6.54 Å². The van der Waals surface area contributed by atoms with E-state index in [9.17, 15) is 9.59 Å². The van der Waals surface area contributed by atoms with Crippen molar-refractivity contribution >= 4 is 33.7 Å². The number of carbonyl (C=O) groups excluding carboxylic acids is 1. The van der Waals surface area contributed by atoms with Gasteiger partial charge in [0.25, 0.3) is 5.56 Å². The number of pyridine rings is 1. The first-order chi connectivity index (χ1) is 15.6. The van der Waals surface area contributed by atoms with Crippen molar-refractivity contribution in [2.75, 3.05) is 25.5 Å². The van der Waals surface area contributed by atoms with Crippen LogP contribution in [-0.4, -0.2) is 35.7 Å². The lowest BCUT2D eigenvalue weighted by Crippen LogP contribution is -2.50. The third-order valence-electron chi connectivity index (χ3n) is 6.71. The van der Waals surface area contributed by atoms with Crippen molar-refractivity contribution < 1.29 is 13.9 Å². The Morgan fingerprint density at radius 2 is 1.91 bits per heavy atom. The molecule has 4 heterocycles. The molecule has 0 spiro atoms. The molecule has 1 saturated heterocycles. The Hall–Kier alpha value is -3.74. The number of nitrogens with one attached hydrogen (secondary N) is 1. The summed E-state index contributed by atoms with van der Waals surface area (Å²) >= 11 is 0. The van der Waals surface area contributed by atoms with E-state index in [-0.39, 0.29) is 23.4 Å². The van der Waals surface area contributed by atoms with Gasteiger partial charge in [0, 0.05) is 54.2 Å². The number of amides is 2. The summed E-state index contributed by atoms with van der Waals surface area (Å²) in [5, 5.41) is 4.99. The van der Waals surface area contributed by atoms with Crippen LogP contribution in [0, 0.1) is 5.92 Å². The van der Waals surface area contributed by atoms with Crippen LogP contribution in [0.2, 0.25) is 0 Å². The first kappa shape index (κ1) is 19.0. The molecule has 4 aromatic rings. The number of methoxy groups -OCH3 is 1. The van der Waals surface area contributed by atoms with Crippen molar-refractivity contribution in [3.05, 3.63) is 70.6 Å². The number of hydrogen-bond acceptors (Lipinski definition) is 4.